The van der Waals surface area contributed by atoms with Crippen LogP contribution in [0.5, 0.6) is 0 Å². The van der Waals surface area contributed by atoms with Crippen molar-refractivity contribution in [1.82, 2.24) is 5.32 Å². The van der Waals surface area contributed by atoms with Crippen LogP contribution in [0.3, 0.4) is 0 Å². The molecular weight excluding hydrogens is 244 g/mol. The van der Waals surface area contributed by atoms with Gasteiger partial charge < -0.3 is 10.6 Å². The molecule has 0 saturated heterocycles. The zero-order valence-corrected chi connectivity index (χ0v) is 9.76. The molecule has 0 atom stereocenters. The van der Waals surface area contributed by atoms with Gasteiger partial charge in [0, 0.05) is 10.5 Å². The van der Waals surface area contributed by atoms with Crippen molar-refractivity contribution in [1.29, 1.82) is 0 Å². The van der Waals surface area contributed by atoms with E-state index in [0.29, 0.717) is 0 Å². The van der Waals surface area contributed by atoms with Gasteiger partial charge in [-0.05, 0) is 41.9 Å². The van der Waals surface area contributed by atoms with E-state index < -0.39 is 0 Å². The van der Waals surface area contributed by atoms with Gasteiger partial charge in [-0.1, -0.05) is 12.1 Å². The molecule has 0 aliphatic rings. The van der Waals surface area contributed by atoms with Crippen LogP contribution in [-0.2, 0) is 0 Å². The van der Waals surface area contributed by atoms with Crippen molar-refractivity contribution in [2.75, 3.05) is 5.32 Å². The SMILES string of the molecule is CC(C)NC(=O)Nc1ccccc1Br. The number of nitrogens with one attached hydrogen (secondary N) is 2. The lowest BCUT2D eigenvalue weighted by Crippen LogP contribution is -2.34. The number of para-hydroxylation sites is 1. The van der Waals surface area contributed by atoms with Crippen LogP contribution in [0.4, 0.5) is 10.5 Å². The number of hydrogen-bond donors (Lipinski definition) is 2. The molecular formula is C10H13BrN2O. The molecule has 1 aromatic rings. The highest BCUT2D eigenvalue weighted by atomic mass is 79.9. The lowest BCUT2D eigenvalue weighted by molar-refractivity contribution is 0.250. The molecule has 2 amide bonds. The van der Waals surface area contributed by atoms with E-state index in [0.717, 1.165) is 10.2 Å². The molecule has 14 heavy (non-hydrogen) atoms. The normalized spacial score (nSPS) is 10.0. The average Bonchev–Trinajstić information content (AvgIpc) is 2.07. The Morgan fingerprint density at radius 3 is 2.57 bits per heavy atom. The van der Waals surface area contributed by atoms with Crippen LogP contribution < -0.4 is 10.6 Å². The molecule has 4 heteroatoms. The fourth-order valence-electron chi connectivity index (χ4n) is 0.983. The summed E-state index contributed by atoms with van der Waals surface area (Å²) in [5, 5.41) is 5.49. The van der Waals surface area contributed by atoms with Crippen molar-refractivity contribution in [2.24, 2.45) is 0 Å². The maximum absolute atomic E-state index is 11.3. The van der Waals surface area contributed by atoms with Gasteiger partial charge in [0.25, 0.3) is 0 Å². The van der Waals surface area contributed by atoms with Gasteiger partial charge >= 0.3 is 6.03 Å². The average molecular weight is 257 g/mol. The van der Waals surface area contributed by atoms with Gasteiger partial charge in [-0.15, -0.1) is 0 Å². The summed E-state index contributed by atoms with van der Waals surface area (Å²) in [7, 11) is 0. The molecule has 0 spiro atoms. The molecule has 0 saturated carbocycles. The van der Waals surface area contributed by atoms with Crippen LogP contribution in [0, 0.1) is 0 Å². The lowest BCUT2D eigenvalue weighted by atomic mass is 10.3. The summed E-state index contributed by atoms with van der Waals surface area (Å²) in [6.45, 7) is 3.83. The highest BCUT2D eigenvalue weighted by Gasteiger charge is 2.04. The van der Waals surface area contributed by atoms with E-state index in [2.05, 4.69) is 26.6 Å². The molecule has 0 aliphatic heterocycles. The Kier molecular flexibility index (Phi) is 3.95. The van der Waals surface area contributed by atoms with E-state index >= 15 is 0 Å². The minimum Gasteiger partial charge on any atom is -0.336 e. The maximum atomic E-state index is 11.3. The Hall–Kier alpha value is -1.03. The smallest absolute Gasteiger partial charge is 0.319 e. The molecule has 1 aromatic carbocycles. The predicted molar refractivity (Wildman–Crippen MR) is 61.4 cm³/mol. The monoisotopic (exact) mass is 256 g/mol. The number of halogens is 1. The van der Waals surface area contributed by atoms with E-state index in [1.165, 1.54) is 0 Å². The molecule has 0 fully saturated rings. The predicted octanol–water partition coefficient (Wildman–Crippen LogP) is 2.98. The first kappa shape index (κ1) is 11.0. The molecule has 3 nitrogen and oxygen atoms in total. The molecule has 0 radical (unpaired) electrons. The minimum absolute atomic E-state index is 0.137. The van der Waals surface area contributed by atoms with Gasteiger partial charge in [-0.3, -0.25) is 0 Å². The summed E-state index contributed by atoms with van der Waals surface area (Å²) >= 11 is 3.35. The van der Waals surface area contributed by atoms with Crippen LogP contribution in [0.2, 0.25) is 0 Å². The van der Waals surface area contributed by atoms with Crippen LogP contribution in [-0.4, -0.2) is 12.1 Å². The second kappa shape index (κ2) is 5.00. The Morgan fingerprint density at radius 2 is 2.00 bits per heavy atom. The van der Waals surface area contributed by atoms with Gasteiger partial charge in [0.15, 0.2) is 0 Å². The molecule has 0 aliphatic carbocycles. The van der Waals surface area contributed by atoms with Gasteiger partial charge in [-0.25, -0.2) is 4.79 Å². The third-order valence-electron chi connectivity index (χ3n) is 1.54. The fraction of sp³-hybridized carbons (Fsp3) is 0.300. The summed E-state index contributed by atoms with van der Waals surface area (Å²) < 4.78 is 0.874. The minimum atomic E-state index is -0.188. The molecule has 76 valence electrons. The Bertz CT molecular complexity index is 326. The quantitative estimate of drug-likeness (QED) is 0.840. The van der Waals surface area contributed by atoms with Gasteiger partial charge in [0.1, 0.15) is 0 Å². The van der Waals surface area contributed by atoms with E-state index in [9.17, 15) is 4.79 Å². The van der Waals surface area contributed by atoms with Crippen LogP contribution in [0.15, 0.2) is 28.7 Å². The number of carbonyl (C=O) groups is 1. The highest BCUT2D eigenvalue weighted by Crippen LogP contribution is 2.20. The molecule has 0 bridgehead atoms. The van der Waals surface area contributed by atoms with Crippen molar-refractivity contribution < 1.29 is 4.79 Å². The first-order chi connectivity index (χ1) is 6.59. The molecule has 0 heterocycles. The first-order valence-corrected chi connectivity index (χ1v) is 5.21. The highest BCUT2D eigenvalue weighted by molar-refractivity contribution is 9.10. The number of urea groups is 1. The van der Waals surface area contributed by atoms with Crippen molar-refractivity contribution in [2.45, 2.75) is 19.9 Å². The first-order valence-electron chi connectivity index (χ1n) is 4.41. The van der Waals surface area contributed by atoms with Crippen LogP contribution in [0.1, 0.15) is 13.8 Å². The van der Waals surface area contributed by atoms with E-state index in [4.69, 9.17) is 0 Å². The number of hydrogen-bond acceptors (Lipinski definition) is 1. The van der Waals surface area contributed by atoms with Crippen molar-refractivity contribution in [3.8, 4) is 0 Å². The second-order valence-electron chi connectivity index (χ2n) is 3.23. The van der Waals surface area contributed by atoms with Crippen molar-refractivity contribution in [3.63, 3.8) is 0 Å². The Labute approximate surface area is 92.0 Å². The Morgan fingerprint density at radius 1 is 1.36 bits per heavy atom. The largest absolute Gasteiger partial charge is 0.336 e. The Balaban J connectivity index is 2.61. The molecule has 2 N–H and O–H groups in total. The molecule has 0 unspecified atom stereocenters. The zero-order chi connectivity index (χ0) is 10.6. The number of carbonyl (C=O) groups excluding carboxylic acids is 1. The van der Waals surface area contributed by atoms with E-state index in [1.807, 2.05) is 38.1 Å². The lowest BCUT2D eigenvalue weighted by Gasteiger charge is -2.10. The van der Waals surface area contributed by atoms with Crippen LogP contribution in [0.25, 0.3) is 0 Å². The van der Waals surface area contributed by atoms with Crippen molar-refractivity contribution in [3.05, 3.63) is 28.7 Å². The molecule has 0 aromatic heterocycles. The van der Waals surface area contributed by atoms with Crippen molar-refractivity contribution >= 4 is 27.6 Å². The van der Waals surface area contributed by atoms with Gasteiger partial charge in [0.2, 0.25) is 0 Å². The molecule has 1 rings (SSSR count). The summed E-state index contributed by atoms with van der Waals surface area (Å²) in [4.78, 5) is 11.3. The summed E-state index contributed by atoms with van der Waals surface area (Å²) in [6, 6.07) is 7.43. The van der Waals surface area contributed by atoms with Gasteiger partial charge in [0.05, 0.1) is 5.69 Å². The summed E-state index contributed by atoms with van der Waals surface area (Å²) in [6.07, 6.45) is 0. The number of amides is 2. The third kappa shape index (κ3) is 3.38. The van der Waals surface area contributed by atoms with E-state index in [1.54, 1.807) is 0 Å². The second-order valence-corrected chi connectivity index (χ2v) is 4.09. The standard InChI is InChI=1S/C10H13BrN2O/c1-7(2)12-10(14)13-9-6-4-3-5-8(9)11/h3-7H,1-2H3,(H2,12,13,14). The summed E-state index contributed by atoms with van der Waals surface area (Å²) in [5.41, 5.74) is 0.769. The number of benzene rings is 1. The zero-order valence-electron chi connectivity index (χ0n) is 8.17. The van der Waals surface area contributed by atoms with Gasteiger partial charge in [-0.2, -0.15) is 0 Å². The number of rotatable bonds is 2. The van der Waals surface area contributed by atoms with E-state index in [-0.39, 0.29) is 12.1 Å². The summed E-state index contributed by atoms with van der Waals surface area (Å²) in [5.74, 6) is 0. The topological polar surface area (TPSA) is 41.1 Å². The maximum Gasteiger partial charge on any atom is 0.319 e. The number of anilines is 1. The third-order valence-corrected chi connectivity index (χ3v) is 2.23. The van der Waals surface area contributed by atoms with Crippen LogP contribution >= 0.6 is 15.9 Å². The fourth-order valence-corrected chi connectivity index (χ4v) is 1.37.